The van der Waals surface area contributed by atoms with E-state index in [2.05, 4.69) is 28.8 Å². The average Bonchev–Trinajstić information content (AvgIpc) is 2.75. The summed E-state index contributed by atoms with van der Waals surface area (Å²) in [4.78, 5) is 0. The maximum Gasteiger partial charge on any atom is 0.0534 e. The summed E-state index contributed by atoms with van der Waals surface area (Å²) in [6, 6.07) is 0.703. The van der Waals surface area contributed by atoms with Crippen molar-refractivity contribution in [2.24, 2.45) is 18.9 Å². The van der Waals surface area contributed by atoms with Gasteiger partial charge in [0.15, 0.2) is 0 Å². The lowest BCUT2D eigenvalue weighted by molar-refractivity contribution is 0.162. The smallest absolute Gasteiger partial charge is 0.0534 e. The van der Waals surface area contributed by atoms with E-state index in [1.54, 1.807) is 0 Å². The van der Waals surface area contributed by atoms with Gasteiger partial charge in [-0.2, -0.15) is 5.10 Å². The maximum atomic E-state index is 4.17. The van der Waals surface area contributed by atoms with E-state index >= 15 is 0 Å². The second kappa shape index (κ2) is 3.49. The monoisotopic (exact) mass is 203 g/mol. The molecule has 0 aliphatic heterocycles. The van der Waals surface area contributed by atoms with Crippen molar-refractivity contribution in [1.29, 1.82) is 0 Å². The van der Waals surface area contributed by atoms with E-state index in [1.165, 1.54) is 18.4 Å². The third-order valence-corrected chi connectivity index (χ3v) is 3.69. The molecule has 15 heavy (non-hydrogen) atoms. The predicted molar refractivity (Wildman–Crippen MR) is 59.2 cm³/mol. The highest BCUT2D eigenvalue weighted by atomic mass is 15.2. The van der Waals surface area contributed by atoms with E-state index in [4.69, 9.17) is 0 Å². The van der Waals surface area contributed by atoms with Gasteiger partial charge in [0, 0.05) is 31.4 Å². The molecule has 0 bridgehead atoms. The average molecular weight is 203 g/mol. The first kappa shape index (κ1) is 9.16. The van der Waals surface area contributed by atoms with E-state index in [0.717, 1.165) is 18.4 Å². The van der Waals surface area contributed by atoms with Crippen molar-refractivity contribution in [2.45, 2.75) is 25.4 Å². The van der Waals surface area contributed by atoms with Crippen LogP contribution in [0.4, 0.5) is 0 Å². The molecule has 0 spiro atoms. The Balaban J connectivity index is 1.53. The van der Waals surface area contributed by atoms with E-state index in [9.17, 15) is 0 Å². The minimum absolute atomic E-state index is 0.703. The molecule has 3 nitrogen and oxygen atoms in total. The normalized spacial score (nSPS) is 32.7. The molecule has 3 heteroatoms. The zero-order chi connectivity index (χ0) is 10.3. The van der Waals surface area contributed by atoms with E-state index < -0.39 is 0 Å². The van der Waals surface area contributed by atoms with Gasteiger partial charge in [-0.15, -0.1) is 0 Å². The van der Waals surface area contributed by atoms with Crippen LogP contribution in [0.25, 0.3) is 0 Å². The molecule has 1 fully saturated rings. The highest BCUT2D eigenvalue weighted by Gasteiger charge is 2.40. The zero-order valence-electron chi connectivity index (χ0n) is 9.06. The quantitative estimate of drug-likeness (QED) is 0.754. The van der Waals surface area contributed by atoms with Crippen molar-refractivity contribution in [3.8, 4) is 0 Å². The van der Waals surface area contributed by atoms with Crippen LogP contribution in [0, 0.1) is 11.8 Å². The van der Waals surface area contributed by atoms with Crippen LogP contribution in [-0.2, 0) is 13.6 Å². The van der Waals surface area contributed by atoms with Gasteiger partial charge in [-0.05, 0) is 24.7 Å². The van der Waals surface area contributed by atoms with Gasteiger partial charge in [-0.3, -0.25) is 4.68 Å². The van der Waals surface area contributed by atoms with Crippen molar-refractivity contribution < 1.29 is 0 Å². The number of hydrogen-bond acceptors (Lipinski definition) is 2. The number of nitrogens with one attached hydrogen (secondary N) is 1. The Morgan fingerprint density at radius 2 is 2.53 bits per heavy atom. The molecule has 1 saturated carbocycles. The summed E-state index contributed by atoms with van der Waals surface area (Å²) >= 11 is 0. The van der Waals surface area contributed by atoms with Crippen LogP contribution in [0.5, 0.6) is 0 Å². The van der Waals surface area contributed by atoms with Crippen LogP contribution < -0.4 is 5.32 Å². The third-order valence-electron chi connectivity index (χ3n) is 3.69. The van der Waals surface area contributed by atoms with E-state index in [1.807, 2.05) is 17.9 Å². The molecular formula is C12H17N3. The van der Waals surface area contributed by atoms with Crippen molar-refractivity contribution in [3.63, 3.8) is 0 Å². The standard InChI is InChI=1S/C12H17N3/c1-15-8-9(7-14-15)6-13-12-5-10-3-2-4-11(10)12/h2,4,7-8,10-13H,3,5-6H2,1H3. The Morgan fingerprint density at radius 1 is 1.60 bits per heavy atom. The van der Waals surface area contributed by atoms with Crippen LogP contribution in [0.3, 0.4) is 0 Å². The Bertz CT molecular complexity index is 380. The van der Waals surface area contributed by atoms with Gasteiger partial charge < -0.3 is 5.32 Å². The number of aryl methyl sites for hydroxylation is 1. The fourth-order valence-electron chi connectivity index (χ4n) is 2.76. The Morgan fingerprint density at radius 3 is 3.27 bits per heavy atom. The first-order chi connectivity index (χ1) is 7.33. The molecule has 0 amide bonds. The van der Waals surface area contributed by atoms with Crippen LogP contribution in [0.15, 0.2) is 24.5 Å². The summed E-state index contributed by atoms with van der Waals surface area (Å²) in [5, 5.41) is 7.78. The lowest BCUT2D eigenvalue weighted by Gasteiger charge is -2.40. The number of fused-ring (bicyclic) bond motifs is 1. The molecule has 0 radical (unpaired) electrons. The molecule has 1 N–H and O–H groups in total. The van der Waals surface area contributed by atoms with Gasteiger partial charge in [-0.25, -0.2) is 0 Å². The SMILES string of the molecule is Cn1cc(CNC2CC3CC=CC32)cn1. The minimum atomic E-state index is 0.703. The molecule has 3 atom stereocenters. The lowest BCUT2D eigenvalue weighted by Crippen LogP contribution is -2.47. The molecule has 0 saturated heterocycles. The molecule has 2 aliphatic carbocycles. The number of hydrogen-bond donors (Lipinski definition) is 1. The summed E-state index contributed by atoms with van der Waals surface area (Å²) in [6.45, 7) is 0.954. The lowest BCUT2D eigenvalue weighted by atomic mass is 9.71. The van der Waals surface area contributed by atoms with Crippen LogP contribution in [0.1, 0.15) is 18.4 Å². The maximum absolute atomic E-state index is 4.17. The number of rotatable bonds is 3. The molecule has 1 aromatic heterocycles. The van der Waals surface area contributed by atoms with Gasteiger partial charge >= 0.3 is 0 Å². The van der Waals surface area contributed by atoms with Crippen LogP contribution in [-0.4, -0.2) is 15.8 Å². The Labute approximate surface area is 90.2 Å². The molecule has 2 aliphatic rings. The highest BCUT2D eigenvalue weighted by molar-refractivity contribution is 5.13. The molecule has 3 unspecified atom stereocenters. The van der Waals surface area contributed by atoms with Crippen LogP contribution >= 0.6 is 0 Å². The second-order valence-electron chi connectivity index (χ2n) is 4.75. The Kier molecular flexibility index (Phi) is 2.13. The van der Waals surface area contributed by atoms with Gasteiger partial charge in [0.25, 0.3) is 0 Å². The predicted octanol–water partition coefficient (Wildman–Crippen LogP) is 1.47. The fraction of sp³-hybridized carbons (Fsp3) is 0.583. The van der Waals surface area contributed by atoms with Crippen LogP contribution in [0.2, 0.25) is 0 Å². The minimum Gasteiger partial charge on any atom is -0.309 e. The summed E-state index contributed by atoms with van der Waals surface area (Å²) in [5.41, 5.74) is 1.28. The highest BCUT2D eigenvalue weighted by Crippen LogP contribution is 2.42. The van der Waals surface area contributed by atoms with Gasteiger partial charge in [0.05, 0.1) is 6.20 Å². The summed E-state index contributed by atoms with van der Waals surface area (Å²) in [7, 11) is 1.96. The summed E-state index contributed by atoms with van der Waals surface area (Å²) < 4.78 is 1.86. The fourth-order valence-corrected chi connectivity index (χ4v) is 2.76. The molecule has 1 aromatic rings. The summed E-state index contributed by atoms with van der Waals surface area (Å²) in [5.74, 6) is 1.75. The van der Waals surface area contributed by atoms with Crippen molar-refractivity contribution in [3.05, 3.63) is 30.1 Å². The first-order valence-electron chi connectivity index (χ1n) is 5.70. The van der Waals surface area contributed by atoms with E-state index in [0.29, 0.717) is 6.04 Å². The molecule has 3 rings (SSSR count). The molecule has 0 aromatic carbocycles. The van der Waals surface area contributed by atoms with Crippen molar-refractivity contribution >= 4 is 0 Å². The van der Waals surface area contributed by atoms with Gasteiger partial charge in [-0.1, -0.05) is 12.2 Å². The molecule has 1 heterocycles. The number of allylic oxidation sites excluding steroid dienone is 1. The number of aromatic nitrogens is 2. The van der Waals surface area contributed by atoms with E-state index in [-0.39, 0.29) is 0 Å². The largest absolute Gasteiger partial charge is 0.309 e. The third kappa shape index (κ3) is 1.61. The van der Waals surface area contributed by atoms with Gasteiger partial charge in [0.1, 0.15) is 0 Å². The topological polar surface area (TPSA) is 29.9 Å². The second-order valence-corrected chi connectivity index (χ2v) is 4.75. The first-order valence-corrected chi connectivity index (χ1v) is 5.70. The van der Waals surface area contributed by atoms with Crippen molar-refractivity contribution in [1.82, 2.24) is 15.1 Å². The zero-order valence-corrected chi connectivity index (χ0v) is 9.06. The summed E-state index contributed by atoms with van der Waals surface area (Å²) in [6.07, 6.45) is 11.4. The van der Waals surface area contributed by atoms with Gasteiger partial charge in [0.2, 0.25) is 0 Å². The van der Waals surface area contributed by atoms with Crippen molar-refractivity contribution in [2.75, 3.05) is 0 Å². The Hall–Kier alpha value is -1.09. The number of nitrogens with zero attached hydrogens (tertiary/aromatic N) is 2. The molecule has 80 valence electrons. The molecular weight excluding hydrogens is 186 g/mol.